The van der Waals surface area contributed by atoms with E-state index in [1.54, 1.807) is 0 Å². The lowest BCUT2D eigenvalue weighted by Crippen LogP contribution is -2.43. The predicted molar refractivity (Wildman–Crippen MR) is 71.8 cm³/mol. The number of hydrogen-bond acceptors (Lipinski definition) is 2. The van der Waals surface area contributed by atoms with Crippen molar-refractivity contribution in [3.05, 3.63) is 0 Å². The topological polar surface area (TPSA) is 15.3 Å². The first kappa shape index (κ1) is 14.0. The Hall–Kier alpha value is -0.0800. The van der Waals surface area contributed by atoms with Crippen LogP contribution in [-0.2, 0) is 0 Å². The van der Waals surface area contributed by atoms with Gasteiger partial charge in [-0.15, -0.1) is 0 Å². The summed E-state index contributed by atoms with van der Waals surface area (Å²) in [7, 11) is 2.23. The number of unbranched alkanes of at least 4 members (excludes halogenated alkanes) is 1. The quantitative estimate of drug-likeness (QED) is 0.749. The van der Waals surface area contributed by atoms with Crippen LogP contribution in [0.2, 0.25) is 0 Å². The standard InChI is InChI=1S/C14H30N2/c1-5-6-7-12(2)15-13(3)14-8-10-16(4)11-9-14/h12-15H,5-11H2,1-4H3. The molecular formula is C14H30N2. The number of nitrogens with zero attached hydrogens (tertiary/aromatic N) is 1. The molecule has 0 aromatic carbocycles. The van der Waals surface area contributed by atoms with Crippen LogP contribution in [-0.4, -0.2) is 37.1 Å². The van der Waals surface area contributed by atoms with Crippen LogP contribution in [0.25, 0.3) is 0 Å². The van der Waals surface area contributed by atoms with Crippen LogP contribution in [0, 0.1) is 5.92 Å². The molecule has 2 atom stereocenters. The molecule has 0 aromatic heterocycles. The Bertz CT molecular complexity index is 174. The van der Waals surface area contributed by atoms with E-state index >= 15 is 0 Å². The highest BCUT2D eigenvalue weighted by Crippen LogP contribution is 2.20. The van der Waals surface area contributed by atoms with Crippen LogP contribution < -0.4 is 5.32 Å². The molecule has 0 saturated carbocycles. The summed E-state index contributed by atoms with van der Waals surface area (Å²) in [5, 5.41) is 3.78. The molecule has 1 saturated heterocycles. The van der Waals surface area contributed by atoms with Crippen molar-refractivity contribution in [1.29, 1.82) is 0 Å². The zero-order valence-electron chi connectivity index (χ0n) is 11.6. The van der Waals surface area contributed by atoms with Crippen LogP contribution in [0.5, 0.6) is 0 Å². The maximum Gasteiger partial charge on any atom is 0.00704 e. The van der Waals surface area contributed by atoms with Crippen molar-refractivity contribution in [2.45, 2.75) is 65.0 Å². The van der Waals surface area contributed by atoms with Gasteiger partial charge in [0.25, 0.3) is 0 Å². The third-order valence-corrected chi connectivity index (χ3v) is 4.01. The van der Waals surface area contributed by atoms with Crippen LogP contribution in [0.1, 0.15) is 52.9 Å². The monoisotopic (exact) mass is 226 g/mol. The fraction of sp³-hybridized carbons (Fsp3) is 1.00. The highest BCUT2D eigenvalue weighted by Gasteiger charge is 2.22. The second kappa shape index (κ2) is 7.29. The van der Waals surface area contributed by atoms with Gasteiger partial charge in [0.05, 0.1) is 0 Å². The molecule has 1 aliphatic heterocycles. The fourth-order valence-electron chi connectivity index (χ4n) is 2.71. The number of likely N-dealkylation sites (tertiary alicyclic amines) is 1. The summed E-state index contributed by atoms with van der Waals surface area (Å²) in [5.74, 6) is 0.889. The predicted octanol–water partition coefficient (Wildman–Crippen LogP) is 2.89. The molecule has 2 unspecified atom stereocenters. The second-order valence-corrected chi connectivity index (χ2v) is 5.64. The van der Waals surface area contributed by atoms with Gasteiger partial charge in [-0.25, -0.2) is 0 Å². The normalized spacial score (nSPS) is 23.2. The van der Waals surface area contributed by atoms with Crippen molar-refractivity contribution in [1.82, 2.24) is 10.2 Å². The lowest BCUT2D eigenvalue weighted by molar-refractivity contribution is 0.184. The highest BCUT2D eigenvalue weighted by atomic mass is 15.1. The third kappa shape index (κ3) is 4.84. The molecule has 0 aromatic rings. The van der Waals surface area contributed by atoms with E-state index in [1.807, 2.05) is 0 Å². The molecule has 0 bridgehead atoms. The van der Waals surface area contributed by atoms with Gasteiger partial charge in [0.2, 0.25) is 0 Å². The zero-order chi connectivity index (χ0) is 12.0. The number of piperidine rings is 1. The Morgan fingerprint density at radius 1 is 1.25 bits per heavy atom. The minimum absolute atomic E-state index is 0.689. The lowest BCUT2D eigenvalue weighted by Gasteiger charge is -2.34. The van der Waals surface area contributed by atoms with Crippen LogP contribution in [0.3, 0.4) is 0 Å². The van der Waals surface area contributed by atoms with Crippen molar-refractivity contribution in [3.63, 3.8) is 0 Å². The van der Waals surface area contributed by atoms with E-state index in [9.17, 15) is 0 Å². The van der Waals surface area contributed by atoms with Crippen molar-refractivity contribution in [3.8, 4) is 0 Å². The van der Waals surface area contributed by atoms with Gasteiger partial charge in [0.1, 0.15) is 0 Å². The van der Waals surface area contributed by atoms with E-state index in [0.717, 1.165) is 5.92 Å². The summed E-state index contributed by atoms with van der Waals surface area (Å²) in [6, 6.07) is 1.38. The Morgan fingerprint density at radius 3 is 2.44 bits per heavy atom. The summed E-state index contributed by atoms with van der Waals surface area (Å²) in [5.41, 5.74) is 0. The van der Waals surface area contributed by atoms with Gasteiger partial charge < -0.3 is 10.2 Å². The molecule has 16 heavy (non-hydrogen) atoms. The van der Waals surface area contributed by atoms with Crippen LogP contribution in [0.15, 0.2) is 0 Å². The molecule has 2 nitrogen and oxygen atoms in total. The van der Waals surface area contributed by atoms with Gasteiger partial charge in [0, 0.05) is 12.1 Å². The van der Waals surface area contributed by atoms with E-state index in [2.05, 4.69) is 38.0 Å². The molecule has 2 heteroatoms. The Labute approximate surface area is 102 Å². The van der Waals surface area contributed by atoms with Gasteiger partial charge in [-0.3, -0.25) is 0 Å². The number of rotatable bonds is 6. The van der Waals surface area contributed by atoms with E-state index in [4.69, 9.17) is 0 Å². The maximum absolute atomic E-state index is 3.78. The highest BCUT2D eigenvalue weighted by molar-refractivity contribution is 4.80. The Morgan fingerprint density at radius 2 is 1.88 bits per heavy atom. The summed E-state index contributed by atoms with van der Waals surface area (Å²) >= 11 is 0. The first-order valence-electron chi connectivity index (χ1n) is 7.08. The molecule has 96 valence electrons. The first-order chi connectivity index (χ1) is 7.63. The van der Waals surface area contributed by atoms with Crippen LogP contribution >= 0.6 is 0 Å². The van der Waals surface area contributed by atoms with Gasteiger partial charge in [-0.1, -0.05) is 19.8 Å². The Balaban J connectivity index is 2.20. The molecule has 1 fully saturated rings. The molecule has 0 radical (unpaired) electrons. The average Bonchev–Trinajstić information content (AvgIpc) is 2.27. The molecule has 1 heterocycles. The summed E-state index contributed by atoms with van der Waals surface area (Å²) in [6.45, 7) is 9.53. The SMILES string of the molecule is CCCCC(C)NC(C)C1CCN(C)CC1. The van der Waals surface area contributed by atoms with Gasteiger partial charge in [0.15, 0.2) is 0 Å². The number of nitrogens with one attached hydrogen (secondary N) is 1. The third-order valence-electron chi connectivity index (χ3n) is 4.01. The van der Waals surface area contributed by atoms with Gasteiger partial charge >= 0.3 is 0 Å². The minimum Gasteiger partial charge on any atom is -0.312 e. The molecule has 1 aliphatic rings. The van der Waals surface area contributed by atoms with E-state index in [1.165, 1.54) is 45.2 Å². The summed E-state index contributed by atoms with van der Waals surface area (Å²) < 4.78 is 0. The molecule has 0 aliphatic carbocycles. The van der Waals surface area contributed by atoms with Crippen molar-refractivity contribution < 1.29 is 0 Å². The zero-order valence-corrected chi connectivity index (χ0v) is 11.6. The molecule has 1 N–H and O–H groups in total. The average molecular weight is 226 g/mol. The van der Waals surface area contributed by atoms with E-state index < -0.39 is 0 Å². The number of hydrogen-bond donors (Lipinski definition) is 1. The fourth-order valence-corrected chi connectivity index (χ4v) is 2.71. The van der Waals surface area contributed by atoms with Crippen molar-refractivity contribution in [2.75, 3.05) is 20.1 Å². The van der Waals surface area contributed by atoms with E-state index in [-0.39, 0.29) is 0 Å². The van der Waals surface area contributed by atoms with Crippen LogP contribution in [0.4, 0.5) is 0 Å². The van der Waals surface area contributed by atoms with E-state index in [0.29, 0.717) is 12.1 Å². The minimum atomic E-state index is 0.689. The Kier molecular flexibility index (Phi) is 6.37. The maximum atomic E-state index is 3.78. The molecule has 0 amide bonds. The second-order valence-electron chi connectivity index (χ2n) is 5.64. The molecule has 1 rings (SSSR count). The van der Waals surface area contributed by atoms with Gasteiger partial charge in [-0.05, 0) is 59.2 Å². The summed E-state index contributed by atoms with van der Waals surface area (Å²) in [6.07, 6.45) is 6.73. The lowest BCUT2D eigenvalue weighted by atomic mass is 9.90. The smallest absolute Gasteiger partial charge is 0.00704 e. The summed E-state index contributed by atoms with van der Waals surface area (Å²) in [4.78, 5) is 2.45. The van der Waals surface area contributed by atoms with Crippen molar-refractivity contribution >= 4 is 0 Å². The molecule has 0 spiro atoms. The first-order valence-corrected chi connectivity index (χ1v) is 7.08. The molecular weight excluding hydrogens is 196 g/mol. The van der Waals surface area contributed by atoms with Crippen molar-refractivity contribution in [2.24, 2.45) is 5.92 Å². The largest absolute Gasteiger partial charge is 0.312 e. The van der Waals surface area contributed by atoms with Gasteiger partial charge in [-0.2, -0.15) is 0 Å².